The molecule has 4 fully saturated rings. The first-order valence-electron chi connectivity index (χ1n) is 16.1. The second-order valence-electron chi connectivity index (χ2n) is 13.8. The van der Waals surface area contributed by atoms with E-state index in [-0.39, 0.29) is 71.5 Å². The Morgan fingerprint density at radius 1 is 1.25 bits per heavy atom. The minimum Gasteiger partial charge on any atom is -0.481 e. The molecule has 0 amide bonds. The molecule has 2 aliphatic heterocycles. The van der Waals surface area contributed by atoms with Gasteiger partial charge < -0.3 is 15.2 Å². The Balaban J connectivity index is 1.14. The van der Waals surface area contributed by atoms with Crippen molar-refractivity contribution in [1.29, 1.82) is 0 Å². The van der Waals surface area contributed by atoms with Crippen molar-refractivity contribution in [1.82, 2.24) is 19.8 Å². The normalized spacial score (nSPS) is 36.6. The lowest BCUT2D eigenvalue weighted by Gasteiger charge is -2.47. The van der Waals surface area contributed by atoms with E-state index >= 15 is 0 Å². The van der Waals surface area contributed by atoms with E-state index in [1.54, 1.807) is 30.3 Å². The van der Waals surface area contributed by atoms with E-state index in [1.807, 2.05) is 0 Å². The fraction of sp³-hybridized carbons (Fsp3) is 0.839. The van der Waals surface area contributed by atoms with Crippen LogP contribution in [-0.4, -0.2) is 91.5 Å². The maximum atomic E-state index is 13.8. The van der Waals surface area contributed by atoms with Gasteiger partial charge in [0.15, 0.2) is 0 Å². The van der Waals surface area contributed by atoms with Crippen molar-refractivity contribution in [2.75, 3.05) is 19.4 Å². The molecule has 9 unspecified atom stereocenters. The summed E-state index contributed by atoms with van der Waals surface area (Å²) in [4.78, 5) is 31.8. The lowest BCUT2D eigenvalue weighted by molar-refractivity contribution is -0.199. The number of thioether (sulfide) groups is 1. The van der Waals surface area contributed by atoms with Gasteiger partial charge in [0.25, 0.3) is 5.56 Å². The fourth-order valence-electron chi connectivity index (χ4n) is 8.62. The van der Waals surface area contributed by atoms with Gasteiger partial charge in [-0.05, 0) is 90.5 Å². The third-order valence-corrected chi connectivity index (χ3v) is 13.2. The zero-order valence-corrected chi connectivity index (χ0v) is 27.2. The molecule has 9 atom stereocenters. The van der Waals surface area contributed by atoms with E-state index in [1.165, 1.54) is 4.90 Å². The molecule has 1 aromatic heterocycles. The van der Waals surface area contributed by atoms with Crippen LogP contribution in [0.25, 0.3) is 0 Å². The van der Waals surface area contributed by atoms with Crippen molar-refractivity contribution in [2.24, 2.45) is 17.8 Å². The molecule has 6 rings (SSSR count). The number of nitrogens with one attached hydrogen (secondary N) is 1. The standard InChI is InChI=1S/C31H44ClF3N4O4S/c1-16-12-21(27-26(36-16)23(15-44-27)29(41)42)20-13-18(32)4-7-25(20)43-11-10-39-17(2)37-24-6-5-19(14-22(24)28(39)40)38(3)30(8-9-30)31(33,34)35/h16,18-21,23,25-27,36H,4-15H2,1-3H3,(H,41,42). The quantitative estimate of drug-likeness (QED) is 0.396. The van der Waals surface area contributed by atoms with E-state index in [9.17, 15) is 27.9 Å². The average molecular weight is 661 g/mol. The number of nitrogens with zero attached hydrogens (tertiary/aromatic N) is 3. The summed E-state index contributed by atoms with van der Waals surface area (Å²) in [7, 11) is 1.55. The number of likely N-dealkylation sites (N-methyl/N-ethyl adjacent to an activating group) is 1. The van der Waals surface area contributed by atoms with Crippen LogP contribution in [0.5, 0.6) is 0 Å². The molecule has 3 aliphatic carbocycles. The molecule has 2 saturated carbocycles. The summed E-state index contributed by atoms with van der Waals surface area (Å²) in [5.74, 6) is 0.525. The number of halogens is 4. The number of alkyl halides is 4. The van der Waals surface area contributed by atoms with Gasteiger partial charge in [-0.1, -0.05) is 0 Å². The first kappa shape index (κ1) is 32.6. The Morgan fingerprint density at radius 2 is 2.00 bits per heavy atom. The first-order valence-corrected chi connectivity index (χ1v) is 17.5. The van der Waals surface area contributed by atoms with E-state index in [0.29, 0.717) is 48.8 Å². The van der Waals surface area contributed by atoms with E-state index in [4.69, 9.17) is 21.3 Å². The number of carboxylic acids is 1. The Kier molecular flexibility index (Phi) is 9.15. The highest BCUT2D eigenvalue weighted by Gasteiger charge is 2.66. The van der Waals surface area contributed by atoms with Crippen LogP contribution in [0.2, 0.25) is 0 Å². The number of fused-ring (bicyclic) bond motifs is 2. The minimum absolute atomic E-state index is 0.0397. The van der Waals surface area contributed by atoms with Crippen molar-refractivity contribution in [3.8, 4) is 0 Å². The molecule has 5 aliphatic rings. The molecule has 0 bridgehead atoms. The van der Waals surface area contributed by atoms with Crippen LogP contribution in [0.4, 0.5) is 13.2 Å². The highest BCUT2D eigenvalue weighted by atomic mass is 35.5. The van der Waals surface area contributed by atoms with Crippen LogP contribution in [0, 0.1) is 24.7 Å². The summed E-state index contributed by atoms with van der Waals surface area (Å²) in [6, 6.07) is -0.223. The average Bonchev–Trinajstić information content (AvgIpc) is 3.68. The lowest BCUT2D eigenvalue weighted by Crippen LogP contribution is -2.57. The van der Waals surface area contributed by atoms with Gasteiger partial charge in [-0.15, -0.1) is 11.6 Å². The largest absolute Gasteiger partial charge is 0.481 e. The van der Waals surface area contributed by atoms with Crippen LogP contribution in [-0.2, 0) is 28.9 Å². The molecule has 246 valence electrons. The highest BCUT2D eigenvalue weighted by molar-refractivity contribution is 8.00. The minimum atomic E-state index is -4.28. The van der Waals surface area contributed by atoms with Gasteiger partial charge in [0.2, 0.25) is 0 Å². The predicted octanol–water partition coefficient (Wildman–Crippen LogP) is 4.41. The summed E-state index contributed by atoms with van der Waals surface area (Å²) < 4.78 is 49.6. The van der Waals surface area contributed by atoms with Crippen molar-refractivity contribution < 1.29 is 27.8 Å². The van der Waals surface area contributed by atoms with Gasteiger partial charge in [-0.3, -0.25) is 19.1 Å². The molecular weight excluding hydrogens is 617 g/mol. The molecule has 0 spiro atoms. The van der Waals surface area contributed by atoms with Crippen LogP contribution < -0.4 is 10.9 Å². The first-order chi connectivity index (χ1) is 20.8. The second kappa shape index (κ2) is 12.4. The summed E-state index contributed by atoms with van der Waals surface area (Å²) in [5, 5.41) is 13.6. The number of carboxylic acid groups (broad SMARTS) is 1. The molecule has 2 N–H and O–H groups in total. The van der Waals surface area contributed by atoms with Crippen molar-refractivity contribution in [3.05, 3.63) is 27.4 Å². The van der Waals surface area contributed by atoms with Crippen LogP contribution in [0.3, 0.4) is 0 Å². The van der Waals surface area contributed by atoms with Crippen molar-refractivity contribution in [3.63, 3.8) is 0 Å². The molecule has 3 heterocycles. The number of rotatable bonds is 8. The number of carbonyl (C=O) groups is 1. The number of aryl methyl sites for hydroxylation is 2. The van der Waals surface area contributed by atoms with Crippen molar-refractivity contribution in [2.45, 2.75) is 125 Å². The maximum absolute atomic E-state index is 13.8. The number of aliphatic carboxylic acids is 1. The summed E-state index contributed by atoms with van der Waals surface area (Å²) in [6.07, 6.45) is 0.606. The Hall–Kier alpha value is -1.34. The van der Waals surface area contributed by atoms with Gasteiger partial charge in [-0.2, -0.15) is 24.9 Å². The second-order valence-corrected chi connectivity index (χ2v) is 15.6. The van der Waals surface area contributed by atoms with E-state index in [2.05, 4.69) is 12.2 Å². The number of hydrogen-bond acceptors (Lipinski definition) is 7. The number of piperidine rings is 1. The SMILES string of the molecule is Cc1nc2c(c(=O)n1CCOC1CCC(Cl)CC1C1CC(C)NC3C(C(=O)O)CSC13)CC(N(C)C1(C(F)(F)F)CC1)CC2. The monoisotopic (exact) mass is 660 g/mol. The van der Waals surface area contributed by atoms with Crippen LogP contribution >= 0.6 is 23.4 Å². The smallest absolute Gasteiger partial charge is 0.406 e. The topological polar surface area (TPSA) is 96.7 Å². The van der Waals surface area contributed by atoms with Gasteiger partial charge in [0.1, 0.15) is 11.4 Å². The molecule has 0 aromatic carbocycles. The molecule has 44 heavy (non-hydrogen) atoms. The van der Waals surface area contributed by atoms with E-state index in [0.717, 1.165) is 25.7 Å². The zero-order chi connectivity index (χ0) is 31.6. The Bertz CT molecular complexity index is 1310. The summed E-state index contributed by atoms with van der Waals surface area (Å²) >= 11 is 8.45. The van der Waals surface area contributed by atoms with Crippen LogP contribution in [0.1, 0.15) is 69.0 Å². The molecule has 2 saturated heterocycles. The third kappa shape index (κ3) is 5.95. The van der Waals surface area contributed by atoms with Gasteiger partial charge in [-0.25, -0.2) is 4.98 Å². The Morgan fingerprint density at radius 3 is 2.68 bits per heavy atom. The highest BCUT2D eigenvalue weighted by Crippen LogP contribution is 2.54. The molecule has 13 heteroatoms. The van der Waals surface area contributed by atoms with Gasteiger partial charge >= 0.3 is 12.1 Å². The number of aromatic nitrogens is 2. The molecule has 8 nitrogen and oxygen atoms in total. The van der Waals surface area contributed by atoms with Gasteiger partial charge in [0.05, 0.1) is 30.9 Å². The predicted molar refractivity (Wildman–Crippen MR) is 163 cm³/mol. The lowest BCUT2D eigenvalue weighted by atomic mass is 9.70. The fourth-order valence-corrected chi connectivity index (χ4v) is 10.8. The van der Waals surface area contributed by atoms with Crippen LogP contribution in [0.15, 0.2) is 4.79 Å². The molecule has 0 radical (unpaired) electrons. The third-order valence-electron chi connectivity index (χ3n) is 11.2. The summed E-state index contributed by atoms with van der Waals surface area (Å²) in [6.45, 7) is 4.55. The molecule has 1 aromatic rings. The summed E-state index contributed by atoms with van der Waals surface area (Å²) in [5.41, 5.74) is -0.714. The number of ether oxygens (including phenoxy) is 1. The van der Waals surface area contributed by atoms with E-state index < -0.39 is 23.6 Å². The maximum Gasteiger partial charge on any atom is 0.406 e. The molecular formula is C31H44ClF3N4O4S. The van der Waals surface area contributed by atoms with Crippen molar-refractivity contribution >= 4 is 29.3 Å². The Labute approximate surface area is 265 Å². The zero-order valence-electron chi connectivity index (χ0n) is 25.6. The van der Waals surface area contributed by atoms with Gasteiger partial charge in [0, 0.05) is 40.1 Å². The number of hydrogen-bond donors (Lipinski definition) is 2.